The molecule has 9 heteroatoms. The summed E-state index contributed by atoms with van der Waals surface area (Å²) in [5, 5.41) is 21.3. The van der Waals surface area contributed by atoms with E-state index in [1.54, 1.807) is 0 Å². The molecule has 6 nitrogen and oxygen atoms in total. The van der Waals surface area contributed by atoms with Gasteiger partial charge in [-0.25, -0.2) is 4.79 Å². The molecule has 2 amide bonds. The average Bonchev–Trinajstić information content (AvgIpc) is 2.87. The normalized spacial score (nSPS) is 21.3. The third kappa shape index (κ3) is 5.00. The maximum atomic E-state index is 12.1. The van der Waals surface area contributed by atoms with Gasteiger partial charge >= 0.3 is 12.2 Å². The predicted molar refractivity (Wildman–Crippen MR) is 75.2 cm³/mol. The maximum absolute atomic E-state index is 12.1. The first kappa shape index (κ1) is 17.4. The fourth-order valence-electron chi connectivity index (χ4n) is 2.31. The van der Waals surface area contributed by atoms with Gasteiger partial charge < -0.3 is 25.2 Å². The zero-order valence-corrected chi connectivity index (χ0v) is 12.1. The number of rotatable bonds is 4. The molecular weight excluding hydrogens is 317 g/mol. The second-order valence-electron chi connectivity index (χ2n) is 5.24. The maximum Gasteiger partial charge on any atom is 0.422 e. The lowest BCUT2D eigenvalue weighted by atomic mass is 10.2. The van der Waals surface area contributed by atoms with Crippen molar-refractivity contribution in [1.29, 1.82) is 0 Å². The molecular formula is C14H17F3N2O4. The number of carbonyl (C=O) groups excluding carboxylic acids is 1. The summed E-state index contributed by atoms with van der Waals surface area (Å²) in [6.07, 6.45) is -4.80. The minimum absolute atomic E-state index is 0.0325. The van der Waals surface area contributed by atoms with Crippen LogP contribution in [0.15, 0.2) is 24.3 Å². The summed E-state index contributed by atoms with van der Waals surface area (Å²) in [6.45, 7) is -1.53. The lowest BCUT2D eigenvalue weighted by molar-refractivity contribution is -0.153. The molecule has 0 bridgehead atoms. The van der Waals surface area contributed by atoms with E-state index in [0.717, 1.165) is 0 Å². The number of β-amino-alcohol motifs (C(OH)–C–C–N with tert-alkyl or cyclic N) is 1. The van der Waals surface area contributed by atoms with E-state index in [1.807, 2.05) is 0 Å². The fraction of sp³-hybridized carbons (Fsp3) is 0.500. The number of alkyl halides is 3. The van der Waals surface area contributed by atoms with E-state index in [1.165, 1.54) is 29.2 Å². The third-order valence-electron chi connectivity index (χ3n) is 3.37. The molecule has 0 radical (unpaired) electrons. The molecule has 1 fully saturated rings. The van der Waals surface area contributed by atoms with Crippen LogP contribution >= 0.6 is 0 Å². The number of hydrogen-bond acceptors (Lipinski definition) is 4. The number of hydrogen-bond donors (Lipinski definition) is 3. The number of amides is 2. The Kier molecular flexibility index (Phi) is 5.32. The van der Waals surface area contributed by atoms with Gasteiger partial charge in [-0.3, -0.25) is 0 Å². The van der Waals surface area contributed by atoms with E-state index in [4.69, 9.17) is 0 Å². The zero-order valence-electron chi connectivity index (χ0n) is 12.1. The van der Waals surface area contributed by atoms with Crippen LogP contribution in [0.2, 0.25) is 0 Å². The zero-order chi connectivity index (χ0) is 17.0. The van der Waals surface area contributed by atoms with Gasteiger partial charge in [-0.2, -0.15) is 13.2 Å². The van der Waals surface area contributed by atoms with E-state index in [9.17, 15) is 28.2 Å². The Morgan fingerprint density at radius 2 is 2.00 bits per heavy atom. The molecule has 1 aliphatic heterocycles. The molecule has 23 heavy (non-hydrogen) atoms. The van der Waals surface area contributed by atoms with Crippen LogP contribution < -0.4 is 10.1 Å². The molecule has 1 aliphatic rings. The molecule has 2 atom stereocenters. The first-order valence-electron chi connectivity index (χ1n) is 6.94. The van der Waals surface area contributed by atoms with E-state index < -0.39 is 31.0 Å². The molecule has 2 unspecified atom stereocenters. The highest BCUT2D eigenvalue weighted by Crippen LogP contribution is 2.22. The quantitative estimate of drug-likeness (QED) is 0.781. The Hall–Kier alpha value is -2.00. The van der Waals surface area contributed by atoms with E-state index >= 15 is 0 Å². The smallest absolute Gasteiger partial charge is 0.422 e. The van der Waals surface area contributed by atoms with Crippen LogP contribution in [0, 0.1) is 0 Å². The van der Waals surface area contributed by atoms with E-state index in [2.05, 4.69) is 10.1 Å². The van der Waals surface area contributed by atoms with Crippen molar-refractivity contribution in [2.45, 2.75) is 24.7 Å². The van der Waals surface area contributed by atoms with Gasteiger partial charge in [-0.1, -0.05) is 0 Å². The number of aliphatic hydroxyl groups excluding tert-OH is 2. The molecule has 0 aliphatic carbocycles. The number of ether oxygens (including phenoxy) is 1. The summed E-state index contributed by atoms with van der Waals surface area (Å²) < 4.78 is 40.7. The lowest BCUT2D eigenvalue weighted by Crippen LogP contribution is -2.40. The highest BCUT2D eigenvalue weighted by Gasteiger charge is 2.33. The number of anilines is 1. The van der Waals surface area contributed by atoms with Crippen LogP contribution in [-0.2, 0) is 0 Å². The second-order valence-corrected chi connectivity index (χ2v) is 5.24. The van der Waals surface area contributed by atoms with Crippen molar-refractivity contribution in [3.8, 4) is 5.75 Å². The van der Waals surface area contributed by atoms with Gasteiger partial charge in [0.25, 0.3) is 0 Å². The third-order valence-corrected chi connectivity index (χ3v) is 3.37. The molecule has 1 saturated heterocycles. The van der Waals surface area contributed by atoms with Crippen LogP contribution in [0.5, 0.6) is 5.75 Å². The Morgan fingerprint density at radius 3 is 2.57 bits per heavy atom. The number of nitrogens with one attached hydrogen (secondary N) is 1. The fourth-order valence-corrected chi connectivity index (χ4v) is 2.31. The van der Waals surface area contributed by atoms with Gasteiger partial charge in [-0.05, 0) is 30.7 Å². The van der Waals surface area contributed by atoms with E-state index in [0.29, 0.717) is 12.1 Å². The molecule has 1 aromatic carbocycles. The molecule has 1 heterocycles. The first-order valence-corrected chi connectivity index (χ1v) is 6.94. The summed E-state index contributed by atoms with van der Waals surface area (Å²) in [6, 6.07) is 4.48. The van der Waals surface area contributed by atoms with Gasteiger partial charge in [0, 0.05) is 12.2 Å². The van der Waals surface area contributed by atoms with Crippen LogP contribution in [0.4, 0.5) is 23.7 Å². The van der Waals surface area contributed by atoms with Crippen molar-refractivity contribution in [2.75, 3.05) is 25.1 Å². The molecule has 2 rings (SSSR count). The van der Waals surface area contributed by atoms with Gasteiger partial charge in [0.15, 0.2) is 6.61 Å². The Balaban J connectivity index is 1.91. The Morgan fingerprint density at radius 1 is 1.35 bits per heavy atom. The summed E-state index contributed by atoms with van der Waals surface area (Å²) in [4.78, 5) is 13.4. The predicted octanol–water partition coefficient (Wildman–Crippen LogP) is 1.59. The van der Waals surface area contributed by atoms with Gasteiger partial charge in [0.1, 0.15) is 5.75 Å². The summed E-state index contributed by atoms with van der Waals surface area (Å²) >= 11 is 0. The molecule has 0 aromatic heterocycles. The topological polar surface area (TPSA) is 82.0 Å². The average molecular weight is 334 g/mol. The molecule has 128 valence electrons. The van der Waals surface area contributed by atoms with Crippen LogP contribution in [0.3, 0.4) is 0 Å². The van der Waals surface area contributed by atoms with Crippen LogP contribution in [0.1, 0.15) is 6.42 Å². The number of aliphatic hydroxyl groups is 2. The van der Waals surface area contributed by atoms with E-state index in [-0.39, 0.29) is 18.9 Å². The van der Waals surface area contributed by atoms with Gasteiger partial charge in [0.2, 0.25) is 0 Å². The minimum Gasteiger partial charge on any atom is -0.484 e. The molecule has 1 aromatic rings. The van der Waals surface area contributed by atoms with Crippen molar-refractivity contribution in [1.82, 2.24) is 4.90 Å². The van der Waals surface area contributed by atoms with Crippen molar-refractivity contribution >= 4 is 11.7 Å². The van der Waals surface area contributed by atoms with Crippen LogP contribution in [-0.4, -0.2) is 59.2 Å². The largest absolute Gasteiger partial charge is 0.484 e. The van der Waals surface area contributed by atoms with Gasteiger partial charge in [-0.15, -0.1) is 0 Å². The number of urea groups is 1. The molecule has 0 spiro atoms. The second kappa shape index (κ2) is 7.05. The minimum atomic E-state index is -4.41. The van der Waals surface area contributed by atoms with Crippen LogP contribution in [0.25, 0.3) is 0 Å². The standard InChI is InChI=1S/C14H17F3N2O4/c15-14(16,17)8-23-12-3-1-9(2-4-12)18-13(22)19-6-11(21)5-10(19)7-20/h1-4,10-11,20-21H,5-8H2,(H,18,22). The number of likely N-dealkylation sites (tertiary alicyclic amines) is 1. The number of nitrogens with zero attached hydrogens (tertiary/aromatic N) is 1. The summed E-state index contributed by atoms with van der Waals surface area (Å²) in [5.41, 5.74) is 0.368. The number of benzene rings is 1. The number of carbonyl (C=O) groups is 1. The molecule has 3 N–H and O–H groups in total. The van der Waals surface area contributed by atoms with Crippen molar-refractivity contribution in [3.05, 3.63) is 24.3 Å². The first-order chi connectivity index (χ1) is 10.8. The number of halogens is 3. The lowest BCUT2D eigenvalue weighted by Gasteiger charge is -2.23. The summed E-state index contributed by atoms with van der Waals surface area (Å²) in [7, 11) is 0. The molecule has 0 saturated carbocycles. The monoisotopic (exact) mass is 334 g/mol. The Bertz CT molecular complexity index is 536. The van der Waals surface area contributed by atoms with Crippen molar-refractivity contribution in [3.63, 3.8) is 0 Å². The van der Waals surface area contributed by atoms with Crippen molar-refractivity contribution in [2.24, 2.45) is 0 Å². The summed E-state index contributed by atoms with van der Waals surface area (Å²) in [5.74, 6) is 0.0325. The highest BCUT2D eigenvalue weighted by molar-refractivity contribution is 5.89. The Labute approximate surface area is 130 Å². The SMILES string of the molecule is O=C(Nc1ccc(OCC(F)(F)F)cc1)N1CC(O)CC1CO. The van der Waals surface area contributed by atoms with Gasteiger partial charge in [0.05, 0.1) is 18.8 Å². The van der Waals surface area contributed by atoms with Crippen molar-refractivity contribution < 1.29 is 32.9 Å². The highest BCUT2D eigenvalue weighted by atomic mass is 19.4.